The fourth-order valence-corrected chi connectivity index (χ4v) is 9.64. The third-order valence-electron chi connectivity index (χ3n) is 11.9. The molecule has 7 nitrogen and oxygen atoms in total. The van der Waals surface area contributed by atoms with Gasteiger partial charge in [-0.05, 0) is 217 Å². The lowest BCUT2D eigenvalue weighted by Crippen LogP contribution is -2.10. The summed E-state index contributed by atoms with van der Waals surface area (Å²) in [4.78, 5) is 0. The van der Waals surface area contributed by atoms with Gasteiger partial charge in [-0.15, -0.1) is 0 Å². The quantitative estimate of drug-likeness (QED) is 0.0884. The van der Waals surface area contributed by atoms with Crippen LogP contribution >= 0.6 is 7.82 Å². The lowest BCUT2D eigenvalue weighted by molar-refractivity contribution is 0.298. The Balaban J connectivity index is 1.34. The maximum Gasteiger partial charge on any atom is 0.647 e. The second-order valence-electron chi connectivity index (χ2n) is 18.0. The Morgan fingerprint density at radius 3 is 0.839 bits per heavy atom. The van der Waals surface area contributed by atoms with Crippen LogP contribution in [-0.2, 0) is 23.8 Å². The number of phenolic OH excluding ortho intramolecular Hbond substituents is 3. The number of phosphoric acid groups is 1. The van der Waals surface area contributed by atoms with Crippen molar-refractivity contribution in [2.24, 2.45) is 0 Å². The molecule has 326 valence electrons. The zero-order valence-electron chi connectivity index (χ0n) is 38.4. The van der Waals surface area contributed by atoms with Crippen LogP contribution in [0.25, 0.3) is 0 Å². The van der Waals surface area contributed by atoms with Gasteiger partial charge >= 0.3 is 7.82 Å². The molecule has 0 spiro atoms. The van der Waals surface area contributed by atoms with E-state index < -0.39 is 7.82 Å². The average molecular weight is 855 g/mol. The number of rotatable bonds is 15. The fourth-order valence-electron chi connectivity index (χ4n) is 8.44. The monoisotopic (exact) mass is 854 g/mol. The van der Waals surface area contributed by atoms with E-state index in [2.05, 4.69) is 59.7 Å². The van der Waals surface area contributed by atoms with E-state index >= 15 is 4.57 Å². The zero-order valence-corrected chi connectivity index (χ0v) is 39.3. The molecule has 0 radical (unpaired) electrons. The van der Waals surface area contributed by atoms with Crippen LogP contribution in [0.15, 0.2) is 91.0 Å². The van der Waals surface area contributed by atoms with E-state index in [9.17, 15) is 15.3 Å². The molecule has 0 saturated heterocycles. The van der Waals surface area contributed by atoms with Gasteiger partial charge in [0.15, 0.2) is 0 Å². The van der Waals surface area contributed by atoms with Gasteiger partial charge in [-0.1, -0.05) is 77.9 Å². The number of hydrogen-bond acceptors (Lipinski definition) is 7. The summed E-state index contributed by atoms with van der Waals surface area (Å²) >= 11 is 0. The Morgan fingerprint density at radius 1 is 0.403 bits per heavy atom. The van der Waals surface area contributed by atoms with E-state index in [1.807, 2.05) is 96.1 Å². The molecule has 8 heteroatoms. The summed E-state index contributed by atoms with van der Waals surface area (Å²) in [5.41, 5.74) is 15.1. The highest BCUT2D eigenvalue weighted by molar-refractivity contribution is 7.49. The Kier molecular flexibility index (Phi) is 13.9. The van der Waals surface area contributed by atoms with Gasteiger partial charge in [0.2, 0.25) is 0 Å². The van der Waals surface area contributed by atoms with Crippen LogP contribution in [0, 0.1) is 41.5 Å². The summed E-state index contributed by atoms with van der Waals surface area (Å²) < 4.78 is 34.3. The minimum atomic E-state index is -4.40. The van der Waals surface area contributed by atoms with Gasteiger partial charge in [-0.25, -0.2) is 0 Å². The summed E-state index contributed by atoms with van der Waals surface area (Å²) in [6.45, 7) is 24.5. The Bertz CT molecular complexity index is 2300. The maximum absolute atomic E-state index is 15.2. The van der Waals surface area contributed by atoms with Gasteiger partial charge in [0.05, 0.1) is 0 Å². The standard InChI is InChI=1S/C54H63O7P/c1-31(2)46-25-40(13-16-52(46)55)28-49-34(7)19-43(20-35(49)8)59-62(58,60-44-21-36(9)50(37(10)22-44)29-41-14-17-53(56)47(26-41)32(3)4)61-45-23-38(11)51(39(12)24-45)30-42-15-18-54(57)48(27-42)33(5)6/h13-27,31-33,55-57H,28-30H2,1-12H3. The molecular weight excluding hydrogens is 792 g/mol. The SMILES string of the molecule is Cc1cc(OP(=O)(Oc2cc(C)c(Cc3ccc(O)c(C(C)C)c3)c(C)c2)Oc2cc(C)c(Cc3ccc(O)c(C(C)C)c3)c(C)c2)cc(C)c1Cc1ccc(O)c(C(C)C)c1. The average Bonchev–Trinajstić information content (AvgIpc) is 3.17. The topological polar surface area (TPSA) is 105 Å². The lowest BCUT2D eigenvalue weighted by Gasteiger charge is -2.23. The molecule has 62 heavy (non-hydrogen) atoms. The van der Waals surface area contributed by atoms with Crippen LogP contribution in [0.5, 0.6) is 34.5 Å². The predicted molar refractivity (Wildman–Crippen MR) is 252 cm³/mol. The molecular formula is C54H63O7P. The third kappa shape index (κ3) is 10.7. The minimum Gasteiger partial charge on any atom is -0.508 e. The van der Waals surface area contributed by atoms with Crippen molar-refractivity contribution in [2.75, 3.05) is 0 Å². The summed E-state index contributed by atoms with van der Waals surface area (Å²) in [6, 6.07) is 28.5. The molecule has 0 aliphatic heterocycles. The fraction of sp³-hybridized carbons (Fsp3) is 0.333. The van der Waals surface area contributed by atoms with E-state index in [-0.39, 0.29) is 17.8 Å². The van der Waals surface area contributed by atoms with E-state index in [0.29, 0.717) is 53.8 Å². The molecule has 0 fully saturated rings. The van der Waals surface area contributed by atoms with E-state index in [1.165, 1.54) is 0 Å². The van der Waals surface area contributed by atoms with Crippen LogP contribution < -0.4 is 13.6 Å². The van der Waals surface area contributed by atoms with Gasteiger partial charge in [0.1, 0.15) is 34.5 Å². The van der Waals surface area contributed by atoms with E-state index in [1.54, 1.807) is 18.2 Å². The van der Waals surface area contributed by atoms with E-state index in [0.717, 1.165) is 83.5 Å². The van der Waals surface area contributed by atoms with Crippen molar-refractivity contribution >= 4 is 7.82 Å². The summed E-state index contributed by atoms with van der Waals surface area (Å²) in [5, 5.41) is 31.3. The van der Waals surface area contributed by atoms with Gasteiger partial charge < -0.3 is 28.9 Å². The molecule has 3 N–H and O–H groups in total. The molecule has 0 unspecified atom stereocenters. The molecule has 0 atom stereocenters. The molecule has 0 aromatic heterocycles. The van der Waals surface area contributed by atoms with Gasteiger partial charge in [-0.3, -0.25) is 0 Å². The molecule has 0 aliphatic carbocycles. The Morgan fingerprint density at radius 2 is 0.629 bits per heavy atom. The molecule has 6 aromatic carbocycles. The first-order chi connectivity index (χ1) is 29.2. The minimum absolute atomic E-state index is 0.184. The van der Waals surface area contributed by atoms with Gasteiger partial charge in [-0.2, -0.15) is 4.57 Å². The molecule has 6 aromatic rings. The molecule has 0 saturated carbocycles. The van der Waals surface area contributed by atoms with Crippen molar-refractivity contribution in [2.45, 2.75) is 120 Å². The van der Waals surface area contributed by atoms with Crippen molar-refractivity contribution in [1.29, 1.82) is 0 Å². The van der Waals surface area contributed by atoms with Crippen LogP contribution in [0.1, 0.15) is 143 Å². The molecule has 0 amide bonds. The van der Waals surface area contributed by atoms with Crippen LogP contribution in [0.2, 0.25) is 0 Å². The normalized spacial score (nSPS) is 11.8. The highest BCUT2D eigenvalue weighted by Gasteiger charge is 2.34. The summed E-state index contributed by atoms with van der Waals surface area (Å²) in [6.07, 6.45) is 1.97. The first-order valence-corrected chi connectivity index (χ1v) is 23.1. The van der Waals surface area contributed by atoms with Crippen LogP contribution in [-0.4, -0.2) is 15.3 Å². The van der Waals surface area contributed by atoms with Crippen molar-refractivity contribution in [3.05, 3.63) is 174 Å². The first kappa shape index (κ1) is 45.9. The molecule has 0 heterocycles. The van der Waals surface area contributed by atoms with Crippen molar-refractivity contribution in [1.82, 2.24) is 0 Å². The number of benzene rings is 6. The second kappa shape index (κ2) is 18.8. The lowest BCUT2D eigenvalue weighted by atomic mass is 9.93. The van der Waals surface area contributed by atoms with Crippen molar-refractivity contribution in [3.63, 3.8) is 0 Å². The first-order valence-electron chi connectivity index (χ1n) is 21.6. The van der Waals surface area contributed by atoms with E-state index in [4.69, 9.17) is 13.6 Å². The van der Waals surface area contributed by atoms with Gasteiger partial charge in [0.25, 0.3) is 0 Å². The number of aromatic hydroxyl groups is 3. The predicted octanol–water partition coefficient (Wildman–Crippen LogP) is 14.4. The maximum atomic E-state index is 15.2. The van der Waals surface area contributed by atoms with Crippen LogP contribution in [0.3, 0.4) is 0 Å². The molecule has 0 aliphatic rings. The molecule has 6 rings (SSSR count). The smallest absolute Gasteiger partial charge is 0.508 e. The number of aryl methyl sites for hydroxylation is 6. The largest absolute Gasteiger partial charge is 0.647 e. The van der Waals surface area contributed by atoms with Gasteiger partial charge in [0, 0.05) is 0 Å². The third-order valence-corrected chi connectivity index (χ3v) is 13.2. The molecule has 0 bridgehead atoms. The highest BCUT2D eigenvalue weighted by atomic mass is 31.2. The second-order valence-corrected chi connectivity index (χ2v) is 19.4. The zero-order chi connectivity index (χ0) is 45.2. The Labute approximate surface area is 369 Å². The number of phenols is 3. The number of hydrogen-bond donors (Lipinski definition) is 3. The van der Waals surface area contributed by atoms with Crippen LogP contribution in [0.4, 0.5) is 0 Å². The Hall–Kier alpha value is -5.65. The summed E-state index contributed by atoms with van der Waals surface area (Å²) in [7, 11) is -4.40. The van der Waals surface area contributed by atoms with Crippen molar-refractivity contribution in [3.8, 4) is 34.5 Å². The van der Waals surface area contributed by atoms with Crippen molar-refractivity contribution < 1.29 is 33.5 Å². The highest BCUT2D eigenvalue weighted by Crippen LogP contribution is 2.51. The number of phosphoric ester groups is 1. The summed E-state index contributed by atoms with van der Waals surface area (Å²) in [5.74, 6) is 2.52.